The third-order valence-electron chi connectivity index (χ3n) is 5.51. The summed E-state index contributed by atoms with van der Waals surface area (Å²) in [5, 5.41) is 6.87. The highest BCUT2D eigenvalue weighted by molar-refractivity contribution is 5.86. The normalized spacial score (nSPS) is 24.2. The zero-order chi connectivity index (χ0) is 17.3. The van der Waals surface area contributed by atoms with Crippen LogP contribution in [0.1, 0.15) is 56.9 Å². The van der Waals surface area contributed by atoms with Crippen molar-refractivity contribution in [3.05, 3.63) is 17.5 Å². The van der Waals surface area contributed by atoms with E-state index in [2.05, 4.69) is 24.3 Å². The van der Waals surface area contributed by atoms with E-state index < -0.39 is 5.41 Å². The van der Waals surface area contributed by atoms with Crippen LogP contribution in [0.2, 0.25) is 0 Å². The molecule has 1 aliphatic carbocycles. The van der Waals surface area contributed by atoms with Crippen LogP contribution >= 0.6 is 0 Å². The van der Waals surface area contributed by atoms with Crippen LogP contribution in [0.25, 0.3) is 0 Å². The van der Waals surface area contributed by atoms with Gasteiger partial charge in [0, 0.05) is 38.5 Å². The Morgan fingerprint density at radius 1 is 1.46 bits per heavy atom. The first kappa shape index (κ1) is 17.0. The lowest BCUT2D eigenvalue weighted by molar-refractivity contribution is -0.138. The van der Waals surface area contributed by atoms with Gasteiger partial charge >= 0.3 is 0 Å². The number of hydrogen-bond donors (Lipinski definition) is 1. The molecule has 0 aromatic carbocycles. The van der Waals surface area contributed by atoms with Crippen LogP contribution in [0.4, 0.5) is 0 Å². The Bertz CT molecular complexity index is 621. The summed E-state index contributed by atoms with van der Waals surface area (Å²) in [7, 11) is 1.65. The van der Waals surface area contributed by atoms with E-state index in [0.717, 1.165) is 30.7 Å². The summed E-state index contributed by atoms with van der Waals surface area (Å²) in [5.41, 5.74) is 0.291. The van der Waals surface area contributed by atoms with Gasteiger partial charge in [-0.25, -0.2) is 0 Å². The van der Waals surface area contributed by atoms with Crippen LogP contribution in [0.5, 0.6) is 0 Å². The highest BCUT2D eigenvalue weighted by atomic mass is 16.5. The summed E-state index contributed by atoms with van der Waals surface area (Å²) in [6, 6.07) is 1.94. The van der Waals surface area contributed by atoms with Crippen molar-refractivity contribution in [3.63, 3.8) is 0 Å². The first-order valence-corrected chi connectivity index (χ1v) is 8.91. The third-order valence-corrected chi connectivity index (χ3v) is 5.51. The van der Waals surface area contributed by atoms with Gasteiger partial charge < -0.3 is 14.7 Å². The second kappa shape index (κ2) is 6.57. The Morgan fingerprint density at radius 2 is 2.21 bits per heavy atom. The van der Waals surface area contributed by atoms with E-state index in [1.165, 1.54) is 0 Å². The average Bonchev–Trinajstić information content (AvgIpc) is 3.13. The Hall–Kier alpha value is -1.85. The van der Waals surface area contributed by atoms with Crippen molar-refractivity contribution >= 4 is 11.8 Å². The standard InChI is InChI=1S/C18H27N3O3/c1-12(2)15-9-14(24-20-15)10-18(17(23)19-3)7-8-21(11-18)16(22)13-5-4-6-13/h9,12-13H,4-8,10-11H2,1-3H3,(H,19,23)/t18-/m0/s1. The van der Waals surface area contributed by atoms with E-state index in [1.54, 1.807) is 7.05 Å². The Kier molecular flexibility index (Phi) is 4.65. The number of hydrogen-bond acceptors (Lipinski definition) is 4. The summed E-state index contributed by atoms with van der Waals surface area (Å²) >= 11 is 0. The van der Waals surface area contributed by atoms with Gasteiger partial charge in [-0.3, -0.25) is 9.59 Å². The van der Waals surface area contributed by atoms with Crippen molar-refractivity contribution in [2.45, 2.75) is 51.9 Å². The van der Waals surface area contributed by atoms with Crippen molar-refractivity contribution in [2.75, 3.05) is 20.1 Å². The van der Waals surface area contributed by atoms with Crippen LogP contribution in [-0.4, -0.2) is 42.0 Å². The molecule has 2 amide bonds. The predicted molar refractivity (Wildman–Crippen MR) is 89.3 cm³/mol. The van der Waals surface area contributed by atoms with Crippen LogP contribution in [0, 0.1) is 11.3 Å². The second-order valence-corrected chi connectivity index (χ2v) is 7.55. The van der Waals surface area contributed by atoms with Gasteiger partial charge in [0.05, 0.1) is 11.1 Å². The zero-order valence-corrected chi connectivity index (χ0v) is 14.8. The van der Waals surface area contributed by atoms with Gasteiger partial charge in [0.1, 0.15) is 5.76 Å². The third kappa shape index (κ3) is 3.06. The average molecular weight is 333 g/mol. The number of rotatable bonds is 5. The van der Waals surface area contributed by atoms with Crippen LogP contribution in [0.3, 0.4) is 0 Å². The number of carbonyl (C=O) groups is 2. The lowest BCUT2D eigenvalue weighted by Crippen LogP contribution is -2.45. The molecule has 0 radical (unpaired) electrons. The van der Waals surface area contributed by atoms with E-state index in [4.69, 9.17) is 4.52 Å². The number of nitrogens with one attached hydrogen (secondary N) is 1. The molecule has 2 heterocycles. The van der Waals surface area contributed by atoms with Crippen molar-refractivity contribution in [2.24, 2.45) is 11.3 Å². The van der Waals surface area contributed by atoms with E-state index in [-0.39, 0.29) is 17.7 Å². The van der Waals surface area contributed by atoms with Gasteiger partial charge in [-0.2, -0.15) is 0 Å². The number of carbonyl (C=O) groups excluding carboxylic acids is 2. The summed E-state index contributed by atoms with van der Waals surface area (Å²) in [5.74, 6) is 1.38. The summed E-state index contributed by atoms with van der Waals surface area (Å²) in [4.78, 5) is 27.0. The molecular formula is C18H27N3O3. The van der Waals surface area contributed by atoms with E-state index in [0.29, 0.717) is 31.8 Å². The van der Waals surface area contributed by atoms with Crippen molar-refractivity contribution in [3.8, 4) is 0 Å². The number of nitrogens with zero attached hydrogens (tertiary/aromatic N) is 2. The summed E-state index contributed by atoms with van der Waals surface area (Å²) < 4.78 is 5.45. The molecule has 0 unspecified atom stereocenters. The largest absolute Gasteiger partial charge is 0.361 e. The van der Waals surface area contributed by atoms with Gasteiger partial charge in [-0.15, -0.1) is 0 Å². The van der Waals surface area contributed by atoms with Gasteiger partial charge in [0.25, 0.3) is 0 Å². The first-order valence-electron chi connectivity index (χ1n) is 8.91. The Labute approximate surface area is 142 Å². The fourth-order valence-corrected chi connectivity index (χ4v) is 3.67. The van der Waals surface area contributed by atoms with Crippen molar-refractivity contribution < 1.29 is 14.1 Å². The highest BCUT2D eigenvalue weighted by Crippen LogP contribution is 2.38. The molecular weight excluding hydrogens is 306 g/mol. The van der Waals surface area contributed by atoms with E-state index in [1.807, 2.05) is 11.0 Å². The molecule has 1 N–H and O–H groups in total. The predicted octanol–water partition coefficient (Wildman–Crippen LogP) is 2.11. The molecule has 1 aromatic heterocycles. The maximum Gasteiger partial charge on any atom is 0.228 e. The fraction of sp³-hybridized carbons (Fsp3) is 0.722. The monoisotopic (exact) mass is 333 g/mol. The molecule has 0 spiro atoms. The lowest BCUT2D eigenvalue weighted by Gasteiger charge is -2.31. The minimum Gasteiger partial charge on any atom is -0.361 e. The minimum atomic E-state index is -0.609. The Balaban J connectivity index is 1.75. The number of likely N-dealkylation sites (tertiary alicyclic amines) is 1. The fourth-order valence-electron chi connectivity index (χ4n) is 3.67. The minimum absolute atomic E-state index is 0.0195. The molecule has 24 heavy (non-hydrogen) atoms. The molecule has 1 aliphatic heterocycles. The second-order valence-electron chi connectivity index (χ2n) is 7.55. The van der Waals surface area contributed by atoms with Crippen LogP contribution < -0.4 is 5.32 Å². The number of amides is 2. The first-order chi connectivity index (χ1) is 11.4. The summed E-state index contributed by atoms with van der Waals surface area (Å²) in [6.07, 6.45) is 4.27. The van der Waals surface area contributed by atoms with Gasteiger partial charge in [-0.1, -0.05) is 25.4 Å². The molecule has 0 bridgehead atoms. The summed E-state index contributed by atoms with van der Waals surface area (Å²) in [6.45, 7) is 5.24. The van der Waals surface area contributed by atoms with E-state index in [9.17, 15) is 9.59 Å². The lowest BCUT2D eigenvalue weighted by atomic mass is 9.81. The topological polar surface area (TPSA) is 75.4 Å². The number of aromatic nitrogens is 1. The van der Waals surface area contributed by atoms with Crippen LogP contribution in [0.15, 0.2) is 10.6 Å². The quantitative estimate of drug-likeness (QED) is 0.895. The highest BCUT2D eigenvalue weighted by Gasteiger charge is 2.47. The smallest absolute Gasteiger partial charge is 0.228 e. The maximum atomic E-state index is 12.6. The van der Waals surface area contributed by atoms with Gasteiger partial charge in [0.15, 0.2) is 0 Å². The maximum absolute atomic E-state index is 12.6. The molecule has 1 saturated carbocycles. The van der Waals surface area contributed by atoms with Gasteiger partial charge in [0.2, 0.25) is 11.8 Å². The molecule has 1 aromatic rings. The molecule has 2 aliphatic rings. The van der Waals surface area contributed by atoms with Crippen LogP contribution in [-0.2, 0) is 16.0 Å². The zero-order valence-electron chi connectivity index (χ0n) is 14.8. The molecule has 1 saturated heterocycles. The molecule has 3 rings (SSSR count). The van der Waals surface area contributed by atoms with Gasteiger partial charge in [-0.05, 0) is 25.2 Å². The molecule has 132 valence electrons. The van der Waals surface area contributed by atoms with Crippen molar-refractivity contribution in [1.82, 2.24) is 15.4 Å². The molecule has 2 fully saturated rings. The molecule has 1 atom stereocenters. The SMILES string of the molecule is CNC(=O)[C@]1(Cc2cc(C(C)C)no2)CCN(C(=O)C2CCC2)C1. The molecule has 6 nitrogen and oxygen atoms in total. The molecule has 6 heteroatoms. The van der Waals surface area contributed by atoms with Crippen molar-refractivity contribution in [1.29, 1.82) is 0 Å². The van der Waals surface area contributed by atoms with E-state index >= 15 is 0 Å². The Morgan fingerprint density at radius 3 is 2.75 bits per heavy atom.